The highest BCUT2D eigenvalue weighted by atomic mass is 32.2. The Morgan fingerprint density at radius 3 is 2.53 bits per heavy atom. The van der Waals surface area contributed by atoms with E-state index in [0.29, 0.717) is 11.9 Å². The molecule has 1 aliphatic heterocycles. The highest BCUT2D eigenvalue weighted by Gasteiger charge is 2.37. The maximum Gasteiger partial charge on any atom is 0.228 e. The van der Waals surface area contributed by atoms with Crippen LogP contribution in [0, 0.1) is 5.41 Å². The number of nitrogens with zero attached hydrogens (tertiary/aromatic N) is 1. The molecule has 1 saturated heterocycles. The third-order valence-corrected chi connectivity index (χ3v) is 4.64. The molecule has 0 aliphatic carbocycles. The van der Waals surface area contributed by atoms with Gasteiger partial charge in [0.05, 0.1) is 0 Å². The molecular weight excluding hydrogens is 232 g/mol. The fraction of sp³-hybridized carbons (Fsp3) is 0.923. The van der Waals surface area contributed by atoms with Gasteiger partial charge in [-0.1, -0.05) is 13.8 Å². The molecule has 1 N–H and O–H groups in total. The molecule has 1 amide bonds. The Morgan fingerprint density at radius 1 is 1.47 bits per heavy atom. The van der Waals surface area contributed by atoms with Crippen LogP contribution >= 0.6 is 11.8 Å². The highest BCUT2D eigenvalue weighted by Crippen LogP contribution is 2.31. The van der Waals surface area contributed by atoms with Gasteiger partial charge in [-0.2, -0.15) is 11.8 Å². The third-order valence-electron chi connectivity index (χ3n) is 3.92. The van der Waals surface area contributed by atoms with Gasteiger partial charge in [-0.15, -0.1) is 0 Å². The topological polar surface area (TPSA) is 32.3 Å². The molecule has 1 fully saturated rings. The average Bonchev–Trinajstić information content (AvgIpc) is 2.35. The van der Waals surface area contributed by atoms with Crippen molar-refractivity contribution in [2.24, 2.45) is 5.41 Å². The van der Waals surface area contributed by atoms with Crippen molar-refractivity contribution in [1.82, 2.24) is 10.2 Å². The van der Waals surface area contributed by atoms with Crippen LogP contribution in [0.15, 0.2) is 0 Å². The normalized spacial score (nSPS) is 20.9. The summed E-state index contributed by atoms with van der Waals surface area (Å²) in [4.78, 5) is 14.6. The van der Waals surface area contributed by atoms with Gasteiger partial charge in [0.1, 0.15) is 0 Å². The number of hydrogen-bond acceptors (Lipinski definition) is 3. The minimum Gasteiger partial charge on any atom is -0.341 e. The summed E-state index contributed by atoms with van der Waals surface area (Å²) in [7, 11) is 1.97. The number of nitrogens with one attached hydrogen (secondary N) is 1. The number of carbonyl (C=O) groups is 1. The summed E-state index contributed by atoms with van der Waals surface area (Å²) in [5.41, 5.74) is -0.147. The molecule has 1 rings (SSSR count). The lowest BCUT2D eigenvalue weighted by Crippen LogP contribution is -2.50. The van der Waals surface area contributed by atoms with Gasteiger partial charge in [0.2, 0.25) is 5.91 Å². The molecule has 0 aromatic heterocycles. The van der Waals surface area contributed by atoms with Crippen molar-refractivity contribution < 1.29 is 4.79 Å². The van der Waals surface area contributed by atoms with Gasteiger partial charge in [0.15, 0.2) is 0 Å². The minimum atomic E-state index is -0.147. The number of rotatable bonds is 5. The van der Waals surface area contributed by atoms with Crippen molar-refractivity contribution in [3.05, 3.63) is 0 Å². The predicted octanol–water partition coefficient (Wildman–Crippen LogP) is 1.98. The molecule has 0 aromatic carbocycles. The first-order valence-electron chi connectivity index (χ1n) is 6.52. The molecule has 0 aromatic rings. The average molecular weight is 258 g/mol. The van der Waals surface area contributed by atoms with Gasteiger partial charge in [0.25, 0.3) is 0 Å². The van der Waals surface area contributed by atoms with Crippen LogP contribution in [0.5, 0.6) is 0 Å². The van der Waals surface area contributed by atoms with E-state index in [1.165, 1.54) is 0 Å². The lowest BCUT2D eigenvalue weighted by atomic mass is 9.79. The van der Waals surface area contributed by atoms with Gasteiger partial charge in [0, 0.05) is 24.3 Å². The first kappa shape index (κ1) is 14.8. The number of carbonyl (C=O) groups excluding carboxylic acids is 1. The Morgan fingerprint density at radius 2 is 2.06 bits per heavy atom. The quantitative estimate of drug-likeness (QED) is 0.818. The summed E-state index contributed by atoms with van der Waals surface area (Å²) in [6.45, 7) is 6.22. The second-order valence-corrected chi connectivity index (χ2v) is 6.15. The number of amides is 1. The zero-order valence-electron chi connectivity index (χ0n) is 11.6. The Bertz CT molecular complexity index is 252. The lowest BCUT2D eigenvalue weighted by Gasteiger charge is -2.38. The number of thioether (sulfide) groups is 1. The lowest BCUT2D eigenvalue weighted by molar-refractivity contribution is -0.143. The van der Waals surface area contributed by atoms with Crippen LogP contribution in [-0.4, -0.2) is 49.0 Å². The van der Waals surface area contributed by atoms with Crippen LogP contribution in [0.2, 0.25) is 0 Å². The van der Waals surface area contributed by atoms with Crippen molar-refractivity contribution >= 4 is 17.7 Å². The maximum absolute atomic E-state index is 12.6. The van der Waals surface area contributed by atoms with Gasteiger partial charge >= 0.3 is 0 Å². The maximum atomic E-state index is 12.6. The molecule has 0 spiro atoms. The molecular formula is C13H26N2OS. The highest BCUT2D eigenvalue weighted by molar-refractivity contribution is 7.98. The van der Waals surface area contributed by atoms with Crippen LogP contribution in [0.1, 0.15) is 33.1 Å². The fourth-order valence-electron chi connectivity index (χ4n) is 2.48. The van der Waals surface area contributed by atoms with Crippen LogP contribution in [-0.2, 0) is 4.79 Å². The Kier molecular flexibility index (Phi) is 5.80. The molecule has 4 heteroatoms. The zero-order valence-corrected chi connectivity index (χ0v) is 12.4. The van der Waals surface area contributed by atoms with Crippen molar-refractivity contribution in [3.63, 3.8) is 0 Å². The summed E-state index contributed by atoms with van der Waals surface area (Å²) >= 11 is 1.82. The van der Waals surface area contributed by atoms with E-state index in [1.54, 1.807) is 0 Å². The Balaban J connectivity index is 2.66. The van der Waals surface area contributed by atoms with Crippen molar-refractivity contribution in [2.75, 3.05) is 32.1 Å². The standard InChI is InChI=1S/C13H26N2OS/c1-5-11(10-17-4)15(3)12(16)13(2)6-8-14-9-7-13/h11,14H,5-10H2,1-4H3. The minimum absolute atomic E-state index is 0.147. The zero-order chi connectivity index (χ0) is 12.9. The fourth-order valence-corrected chi connectivity index (χ4v) is 3.32. The van der Waals surface area contributed by atoms with E-state index in [-0.39, 0.29) is 5.41 Å². The van der Waals surface area contributed by atoms with E-state index in [9.17, 15) is 4.79 Å². The van der Waals surface area contributed by atoms with Crippen molar-refractivity contribution in [3.8, 4) is 0 Å². The molecule has 3 nitrogen and oxygen atoms in total. The van der Waals surface area contributed by atoms with E-state index in [1.807, 2.05) is 23.7 Å². The van der Waals surface area contributed by atoms with E-state index in [2.05, 4.69) is 25.4 Å². The van der Waals surface area contributed by atoms with Crippen LogP contribution in [0.4, 0.5) is 0 Å². The van der Waals surface area contributed by atoms with Crippen molar-refractivity contribution in [1.29, 1.82) is 0 Å². The van der Waals surface area contributed by atoms with Crippen molar-refractivity contribution in [2.45, 2.75) is 39.2 Å². The third kappa shape index (κ3) is 3.62. The van der Waals surface area contributed by atoms with E-state index < -0.39 is 0 Å². The molecule has 0 saturated carbocycles. The molecule has 1 unspecified atom stereocenters. The first-order chi connectivity index (χ1) is 8.05. The molecule has 100 valence electrons. The smallest absolute Gasteiger partial charge is 0.228 e. The molecule has 0 bridgehead atoms. The largest absolute Gasteiger partial charge is 0.341 e. The van der Waals surface area contributed by atoms with E-state index >= 15 is 0 Å². The van der Waals surface area contributed by atoms with Gasteiger partial charge in [-0.05, 0) is 38.6 Å². The van der Waals surface area contributed by atoms with Crippen LogP contribution < -0.4 is 5.32 Å². The summed E-state index contributed by atoms with van der Waals surface area (Å²) in [5, 5.41) is 3.33. The SMILES string of the molecule is CCC(CSC)N(C)C(=O)C1(C)CCNCC1. The summed E-state index contributed by atoms with van der Waals surface area (Å²) < 4.78 is 0. The predicted molar refractivity (Wildman–Crippen MR) is 75.4 cm³/mol. The molecule has 17 heavy (non-hydrogen) atoms. The molecule has 0 radical (unpaired) electrons. The Hall–Kier alpha value is -0.220. The van der Waals surface area contributed by atoms with Gasteiger partial charge in [-0.25, -0.2) is 0 Å². The number of hydrogen-bond donors (Lipinski definition) is 1. The van der Waals surface area contributed by atoms with E-state index in [0.717, 1.165) is 38.1 Å². The second-order valence-electron chi connectivity index (χ2n) is 5.24. The first-order valence-corrected chi connectivity index (χ1v) is 7.91. The van der Waals surface area contributed by atoms with Gasteiger partial charge in [-0.3, -0.25) is 4.79 Å². The Labute approximate surface area is 110 Å². The summed E-state index contributed by atoms with van der Waals surface area (Å²) in [6.07, 6.45) is 5.07. The molecule has 1 aliphatic rings. The number of piperidine rings is 1. The molecule has 1 atom stereocenters. The van der Waals surface area contributed by atoms with E-state index in [4.69, 9.17) is 0 Å². The summed E-state index contributed by atoms with van der Waals surface area (Å²) in [6, 6.07) is 0.379. The monoisotopic (exact) mass is 258 g/mol. The molecule has 1 heterocycles. The van der Waals surface area contributed by atoms with Crippen LogP contribution in [0.25, 0.3) is 0 Å². The van der Waals surface area contributed by atoms with Crippen LogP contribution in [0.3, 0.4) is 0 Å². The van der Waals surface area contributed by atoms with Gasteiger partial charge < -0.3 is 10.2 Å². The second kappa shape index (κ2) is 6.64. The summed E-state index contributed by atoms with van der Waals surface area (Å²) in [5.74, 6) is 1.37.